The van der Waals surface area contributed by atoms with Gasteiger partial charge in [0.1, 0.15) is 0 Å². The van der Waals surface area contributed by atoms with Crippen molar-refractivity contribution in [1.29, 1.82) is 0 Å². The molecule has 0 bridgehead atoms. The van der Waals surface area contributed by atoms with Crippen LogP contribution in [0.2, 0.25) is 0 Å². The molecule has 156 valence electrons. The molecule has 2 aromatic heterocycles. The number of benzene rings is 1. The maximum absolute atomic E-state index is 11.1. The minimum Gasteiger partial charge on any atom is -0.354 e. The summed E-state index contributed by atoms with van der Waals surface area (Å²) in [4.78, 5) is 22.3. The molecule has 1 saturated heterocycles. The first-order valence-corrected chi connectivity index (χ1v) is 10.6. The van der Waals surface area contributed by atoms with Crippen molar-refractivity contribution in [2.75, 3.05) is 30.8 Å². The van der Waals surface area contributed by atoms with Gasteiger partial charge in [-0.05, 0) is 43.0 Å². The van der Waals surface area contributed by atoms with Crippen LogP contribution in [0.3, 0.4) is 0 Å². The highest BCUT2D eigenvalue weighted by atomic mass is 16.1. The van der Waals surface area contributed by atoms with Gasteiger partial charge < -0.3 is 20.1 Å². The summed E-state index contributed by atoms with van der Waals surface area (Å²) in [5.41, 5.74) is 4.95. The van der Waals surface area contributed by atoms with Crippen LogP contribution in [-0.4, -0.2) is 51.5 Å². The summed E-state index contributed by atoms with van der Waals surface area (Å²) in [5.74, 6) is 1.56. The van der Waals surface area contributed by atoms with E-state index in [4.69, 9.17) is 0 Å². The molecule has 3 heterocycles. The molecule has 2 aliphatic rings. The highest BCUT2D eigenvalue weighted by Crippen LogP contribution is 2.44. The molecule has 2 N–H and O–H groups in total. The predicted molar refractivity (Wildman–Crippen MR) is 119 cm³/mol. The third-order valence-corrected chi connectivity index (χ3v) is 6.64. The summed E-state index contributed by atoms with van der Waals surface area (Å²) in [7, 11) is 4.41. The molecular weight excluding hydrogens is 376 g/mol. The lowest BCUT2D eigenvalue weighted by atomic mass is 9.72. The number of nitrogens with zero attached hydrogens (tertiary/aromatic N) is 4. The summed E-state index contributed by atoms with van der Waals surface area (Å²) in [6.07, 6.45) is 7.88. The first-order valence-electron chi connectivity index (χ1n) is 10.6. The zero-order chi connectivity index (χ0) is 20.8. The molecule has 0 unspecified atom stereocenters. The van der Waals surface area contributed by atoms with E-state index in [0.717, 1.165) is 19.5 Å². The van der Waals surface area contributed by atoms with E-state index in [1.165, 1.54) is 35.4 Å². The lowest BCUT2D eigenvalue weighted by Crippen LogP contribution is -2.49. The molecule has 5 rings (SSSR count). The molecule has 0 radical (unpaired) electrons. The molecule has 7 nitrogen and oxygen atoms in total. The normalized spacial score (nSPS) is 23.2. The number of aryl methyl sites for hydroxylation is 1. The lowest BCUT2D eigenvalue weighted by molar-refractivity contribution is -0.114. The van der Waals surface area contributed by atoms with Crippen molar-refractivity contribution in [1.82, 2.24) is 19.4 Å². The Morgan fingerprint density at radius 2 is 2.03 bits per heavy atom. The van der Waals surface area contributed by atoms with Crippen LogP contribution >= 0.6 is 0 Å². The number of carbonyl (C=O) groups excluding carboxylic acids is 1. The maximum atomic E-state index is 11.1. The Bertz CT molecular complexity index is 1090. The van der Waals surface area contributed by atoms with Gasteiger partial charge >= 0.3 is 0 Å². The minimum absolute atomic E-state index is 0.122. The number of fused-ring (bicyclic) bond motifs is 2. The summed E-state index contributed by atoms with van der Waals surface area (Å²) < 4.78 is 2.27. The standard InChI is InChI=1S/C23H28N6O/c1-14(30)27-17-10-25-23(26-11-17)24-9-15-7-19-18-5-4-6-20-22(18)16(13-29(20)3)8-21(19)28(2)12-15/h4-6,10-11,13,15,19,21H,7-9,12H2,1-3H3,(H,27,30)(H,24,25,26)/t15-,19+,21+/m0/s1. The predicted octanol–water partition coefficient (Wildman–Crippen LogP) is 3.00. The fraction of sp³-hybridized carbons (Fsp3) is 0.435. The minimum atomic E-state index is -0.122. The van der Waals surface area contributed by atoms with E-state index in [9.17, 15) is 4.79 Å². The highest BCUT2D eigenvalue weighted by molar-refractivity contribution is 5.89. The molecule has 1 aliphatic carbocycles. The van der Waals surface area contributed by atoms with E-state index < -0.39 is 0 Å². The van der Waals surface area contributed by atoms with Gasteiger partial charge in [0.15, 0.2) is 0 Å². The third kappa shape index (κ3) is 3.33. The fourth-order valence-electron chi connectivity index (χ4n) is 5.40. The zero-order valence-corrected chi connectivity index (χ0v) is 17.7. The average Bonchev–Trinajstić information content (AvgIpc) is 3.05. The van der Waals surface area contributed by atoms with Gasteiger partial charge in [-0.2, -0.15) is 0 Å². The Balaban J connectivity index is 1.32. The van der Waals surface area contributed by atoms with Crippen molar-refractivity contribution in [3.63, 3.8) is 0 Å². The molecule has 7 heteroatoms. The third-order valence-electron chi connectivity index (χ3n) is 6.64. The molecule has 0 saturated carbocycles. The van der Waals surface area contributed by atoms with E-state index in [0.29, 0.717) is 29.5 Å². The van der Waals surface area contributed by atoms with Crippen LogP contribution in [0.5, 0.6) is 0 Å². The number of likely N-dealkylation sites (tertiary alicyclic amines) is 1. The van der Waals surface area contributed by atoms with Crippen LogP contribution in [0.4, 0.5) is 11.6 Å². The van der Waals surface area contributed by atoms with Gasteiger partial charge in [-0.25, -0.2) is 9.97 Å². The van der Waals surface area contributed by atoms with Gasteiger partial charge in [0.05, 0.1) is 18.1 Å². The maximum Gasteiger partial charge on any atom is 0.222 e. The van der Waals surface area contributed by atoms with E-state index >= 15 is 0 Å². The second kappa shape index (κ2) is 7.40. The van der Waals surface area contributed by atoms with Gasteiger partial charge in [-0.3, -0.25) is 4.79 Å². The molecule has 1 aromatic carbocycles. The van der Waals surface area contributed by atoms with Gasteiger partial charge in [0.2, 0.25) is 11.9 Å². The van der Waals surface area contributed by atoms with Crippen LogP contribution in [0, 0.1) is 5.92 Å². The van der Waals surface area contributed by atoms with Crippen LogP contribution < -0.4 is 10.6 Å². The van der Waals surface area contributed by atoms with E-state index in [1.807, 2.05) is 0 Å². The second-order valence-electron chi connectivity index (χ2n) is 8.78. The number of amides is 1. The Labute approximate surface area is 176 Å². The molecule has 3 aromatic rings. The molecular formula is C23H28N6O. The molecule has 1 amide bonds. The number of hydrogen-bond donors (Lipinski definition) is 2. The number of nitrogens with one attached hydrogen (secondary N) is 2. The van der Waals surface area contributed by atoms with E-state index in [2.05, 4.69) is 68.6 Å². The largest absolute Gasteiger partial charge is 0.354 e. The van der Waals surface area contributed by atoms with Gasteiger partial charge in [0.25, 0.3) is 0 Å². The average molecular weight is 405 g/mol. The van der Waals surface area contributed by atoms with Crippen molar-refractivity contribution >= 4 is 28.4 Å². The molecule has 1 fully saturated rings. The van der Waals surface area contributed by atoms with Crippen molar-refractivity contribution in [2.24, 2.45) is 13.0 Å². The number of piperidine rings is 1. The Hall–Kier alpha value is -2.93. The topological polar surface area (TPSA) is 75.1 Å². The van der Waals surface area contributed by atoms with Crippen LogP contribution in [0.15, 0.2) is 36.8 Å². The summed E-state index contributed by atoms with van der Waals surface area (Å²) in [6, 6.07) is 7.33. The molecule has 3 atom stereocenters. The number of likely N-dealkylation sites (N-methyl/N-ethyl adjacent to an activating group) is 1. The summed E-state index contributed by atoms with van der Waals surface area (Å²) >= 11 is 0. The monoisotopic (exact) mass is 404 g/mol. The smallest absolute Gasteiger partial charge is 0.222 e. The quantitative estimate of drug-likeness (QED) is 0.699. The first kappa shape index (κ1) is 19.1. The molecule has 30 heavy (non-hydrogen) atoms. The fourth-order valence-corrected chi connectivity index (χ4v) is 5.40. The van der Waals surface area contributed by atoms with Crippen molar-refractivity contribution in [2.45, 2.75) is 31.7 Å². The highest BCUT2D eigenvalue weighted by Gasteiger charge is 2.39. The first-order chi connectivity index (χ1) is 14.5. The SMILES string of the molecule is CC(=O)Nc1cnc(NC[C@@H]2C[C@@H]3c4cccc5c4c(cn5C)C[C@H]3N(C)C2)nc1. The number of anilines is 2. The van der Waals surface area contributed by atoms with Gasteiger partial charge in [-0.1, -0.05) is 12.1 Å². The van der Waals surface area contributed by atoms with E-state index in [1.54, 1.807) is 12.4 Å². The van der Waals surface area contributed by atoms with Crippen molar-refractivity contribution in [3.05, 3.63) is 47.9 Å². The Morgan fingerprint density at radius 1 is 1.23 bits per heavy atom. The second-order valence-corrected chi connectivity index (χ2v) is 8.78. The van der Waals surface area contributed by atoms with Crippen LogP contribution in [0.1, 0.15) is 30.4 Å². The van der Waals surface area contributed by atoms with Crippen molar-refractivity contribution < 1.29 is 4.79 Å². The number of rotatable bonds is 4. The zero-order valence-electron chi connectivity index (χ0n) is 17.7. The van der Waals surface area contributed by atoms with Crippen molar-refractivity contribution in [3.8, 4) is 0 Å². The summed E-state index contributed by atoms with van der Waals surface area (Å²) in [6.45, 7) is 3.38. The van der Waals surface area contributed by atoms with Gasteiger partial charge in [-0.15, -0.1) is 0 Å². The Kier molecular flexibility index (Phi) is 4.70. The Morgan fingerprint density at radius 3 is 2.80 bits per heavy atom. The van der Waals surface area contributed by atoms with Crippen LogP contribution in [0.25, 0.3) is 10.9 Å². The van der Waals surface area contributed by atoms with Crippen LogP contribution in [-0.2, 0) is 18.3 Å². The number of aromatic nitrogens is 3. The summed E-state index contributed by atoms with van der Waals surface area (Å²) in [5, 5.41) is 7.56. The number of carbonyl (C=O) groups is 1. The molecule has 0 spiro atoms. The lowest BCUT2D eigenvalue weighted by Gasteiger charge is -2.45. The van der Waals surface area contributed by atoms with Gasteiger partial charge in [0, 0.05) is 56.1 Å². The van der Waals surface area contributed by atoms with E-state index in [-0.39, 0.29) is 5.91 Å². The molecule has 1 aliphatic heterocycles. The number of hydrogen-bond acceptors (Lipinski definition) is 5.